The summed E-state index contributed by atoms with van der Waals surface area (Å²) in [5.74, 6) is -0.606. The van der Waals surface area contributed by atoms with E-state index in [-0.39, 0.29) is 6.42 Å². The molecule has 2 N–H and O–H groups in total. The first kappa shape index (κ1) is 24.3. The molecule has 0 aromatic heterocycles. The average molecular weight is 381 g/mol. The molecule has 0 spiro atoms. The molecule has 7 heteroatoms. The zero-order valence-electron chi connectivity index (χ0n) is 15.6. The van der Waals surface area contributed by atoms with Crippen LogP contribution in [0.1, 0.15) is 103 Å². The third-order valence-electron chi connectivity index (χ3n) is 4.56. The minimum atomic E-state index is -3.95. The maximum atomic E-state index is 11.5. The number of hydrogen-bond donors (Lipinski definition) is 2. The van der Waals surface area contributed by atoms with Crippen molar-refractivity contribution < 1.29 is 27.9 Å². The fourth-order valence-electron chi connectivity index (χ4n) is 2.99. The first-order valence-electron chi connectivity index (χ1n) is 9.72. The van der Waals surface area contributed by atoms with Crippen molar-refractivity contribution in [2.75, 3.05) is 0 Å². The van der Waals surface area contributed by atoms with Gasteiger partial charge in [-0.2, -0.15) is 13.7 Å². The summed E-state index contributed by atoms with van der Waals surface area (Å²) >= 11 is 0. The molecule has 0 fully saturated rings. The van der Waals surface area contributed by atoms with Crippen molar-refractivity contribution in [2.24, 2.45) is 0 Å². The minimum Gasteiger partial charge on any atom is -0.301 e. The predicted octanol–water partition coefficient (Wildman–Crippen LogP) is 5.13. The van der Waals surface area contributed by atoms with Gasteiger partial charge in [0.25, 0.3) is 10.1 Å². The van der Waals surface area contributed by atoms with Crippen molar-refractivity contribution >= 4 is 16.1 Å². The minimum absolute atomic E-state index is 0.222. The Hall–Kier alpha value is -0.660. The number of carbonyl (C=O) groups excluding carboxylic acids is 1. The quantitative estimate of drug-likeness (QED) is 0.157. The third kappa shape index (κ3) is 15.3. The molecule has 0 aromatic carbocycles. The normalized spacial score (nSPS) is 12.9. The van der Waals surface area contributed by atoms with E-state index in [1.807, 2.05) is 0 Å². The molecule has 0 aliphatic rings. The van der Waals surface area contributed by atoms with Gasteiger partial charge in [0.2, 0.25) is 0 Å². The van der Waals surface area contributed by atoms with Gasteiger partial charge < -0.3 is 4.89 Å². The monoisotopic (exact) mass is 380 g/mol. The van der Waals surface area contributed by atoms with Crippen LogP contribution in [0.2, 0.25) is 0 Å². The van der Waals surface area contributed by atoms with Crippen LogP contribution < -0.4 is 0 Å². The van der Waals surface area contributed by atoms with Gasteiger partial charge in [0, 0.05) is 6.42 Å². The van der Waals surface area contributed by atoms with E-state index in [0.717, 1.165) is 51.4 Å². The second-order valence-electron chi connectivity index (χ2n) is 6.82. The highest BCUT2D eigenvalue weighted by Crippen LogP contribution is 2.19. The standard InChI is InChI=1S/C18H36O6S/c1-2-3-4-5-8-11-14-17(25(21,22)23)15-12-9-6-7-10-13-16-18(19)24-20/h17,20H,2-16H2,1H3,(H,21,22,23). The summed E-state index contributed by atoms with van der Waals surface area (Å²) in [6.07, 6.45) is 13.2. The smallest absolute Gasteiger partial charge is 0.301 e. The van der Waals surface area contributed by atoms with E-state index >= 15 is 0 Å². The molecule has 0 bridgehead atoms. The number of unbranched alkanes of at least 4 members (excludes halogenated alkanes) is 10. The lowest BCUT2D eigenvalue weighted by atomic mass is 10.0. The van der Waals surface area contributed by atoms with Crippen LogP contribution in [0, 0.1) is 0 Å². The van der Waals surface area contributed by atoms with Crippen molar-refractivity contribution in [3.63, 3.8) is 0 Å². The highest BCUT2D eigenvalue weighted by atomic mass is 32.2. The topological polar surface area (TPSA) is 101 Å². The van der Waals surface area contributed by atoms with Crippen LogP contribution in [-0.4, -0.2) is 29.4 Å². The maximum absolute atomic E-state index is 11.5. The largest absolute Gasteiger partial charge is 0.342 e. The summed E-state index contributed by atoms with van der Waals surface area (Å²) in [5, 5.41) is 7.49. The van der Waals surface area contributed by atoms with E-state index in [2.05, 4.69) is 11.8 Å². The highest BCUT2D eigenvalue weighted by molar-refractivity contribution is 7.86. The van der Waals surface area contributed by atoms with E-state index in [0.29, 0.717) is 19.3 Å². The molecule has 0 heterocycles. The van der Waals surface area contributed by atoms with Crippen molar-refractivity contribution in [1.82, 2.24) is 0 Å². The Labute approximate surface area is 153 Å². The van der Waals surface area contributed by atoms with Gasteiger partial charge in [0.1, 0.15) is 0 Å². The molecule has 0 saturated heterocycles. The molecule has 0 saturated carbocycles. The molecule has 0 aromatic rings. The lowest BCUT2D eigenvalue weighted by Gasteiger charge is -2.13. The molecule has 0 aliphatic carbocycles. The van der Waals surface area contributed by atoms with Gasteiger partial charge in [-0.1, -0.05) is 77.6 Å². The Kier molecular flexibility index (Phi) is 15.2. The second kappa shape index (κ2) is 15.6. The van der Waals surface area contributed by atoms with E-state index in [1.54, 1.807) is 0 Å². The maximum Gasteiger partial charge on any atom is 0.342 e. The SMILES string of the molecule is CCCCCCCCC(CCCCCCCCC(=O)OO)S(=O)(=O)O. The van der Waals surface area contributed by atoms with E-state index < -0.39 is 21.3 Å². The molecule has 0 rings (SSSR count). The summed E-state index contributed by atoms with van der Waals surface area (Å²) in [6, 6.07) is 0. The lowest BCUT2D eigenvalue weighted by molar-refractivity contribution is -0.234. The van der Waals surface area contributed by atoms with Crippen LogP contribution in [-0.2, 0) is 19.8 Å². The van der Waals surface area contributed by atoms with Gasteiger partial charge >= 0.3 is 5.97 Å². The van der Waals surface area contributed by atoms with Crippen LogP contribution in [0.5, 0.6) is 0 Å². The van der Waals surface area contributed by atoms with Gasteiger partial charge in [0.05, 0.1) is 5.25 Å². The van der Waals surface area contributed by atoms with Crippen molar-refractivity contribution in [1.29, 1.82) is 0 Å². The van der Waals surface area contributed by atoms with Crippen LogP contribution in [0.3, 0.4) is 0 Å². The Morgan fingerprint density at radius 2 is 1.28 bits per heavy atom. The summed E-state index contributed by atoms with van der Waals surface area (Å²) in [5.41, 5.74) is 0. The molecule has 1 unspecified atom stereocenters. The molecule has 6 nitrogen and oxygen atoms in total. The summed E-state index contributed by atoms with van der Waals surface area (Å²) in [6.45, 7) is 2.16. The second-order valence-corrected chi connectivity index (χ2v) is 8.51. The van der Waals surface area contributed by atoms with Gasteiger partial charge in [-0.15, -0.1) is 0 Å². The molecule has 1 atom stereocenters. The number of hydrogen-bond acceptors (Lipinski definition) is 5. The summed E-state index contributed by atoms with van der Waals surface area (Å²) < 4.78 is 32.3. The van der Waals surface area contributed by atoms with E-state index in [1.165, 1.54) is 19.3 Å². The van der Waals surface area contributed by atoms with Crippen LogP contribution in [0.4, 0.5) is 0 Å². The molecule has 0 amide bonds. The Morgan fingerprint density at radius 1 is 0.840 bits per heavy atom. The number of carbonyl (C=O) groups is 1. The van der Waals surface area contributed by atoms with E-state index in [9.17, 15) is 17.8 Å². The van der Waals surface area contributed by atoms with Crippen molar-refractivity contribution in [3.8, 4) is 0 Å². The fourth-order valence-corrected chi connectivity index (χ4v) is 3.92. The third-order valence-corrected chi connectivity index (χ3v) is 5.87. The first-order chi connectivity index (χ1) is 11.9. The van der Waals surface area contributed by atoms with Gasteiger partial charge in [0.15, 0.2) is 0 Å². The Balaban J connectivity index is 3.74. The molecule has 0 aliphatic heterocycles. The average Bonchev–Trinajstić information content (AvgIpc) is 2.56. The molecule has 150 valence electrons. The zero-order valence-corrected chi connectivity index (χ0v) is 16.4. The van der Waals surface area contributed by atoms with Crippen molar-refractivity contribution in [3.05, 3.63) is 0 Å². The summed E-state index contributed by atoms with van der Waals surface area (Å²) in [7, 11) is -3.95. The van der Waals surface area contributed by atoms with Gasteiger partial charge in [-0.25, -0.2) is 4.79 Å². The predicted molar refractivity (Wildman–Crippen MR) is 99.0 cm³/mol. The highest BCUT2D eigenvalue weighted by Gasteiger charge is 2.21. The van der Waals surface area contributed by atoms with Gasteiger partial charge in [-0.3, -0.25) is 4.55 Å². The van der Waals surface area contributed by atoms with Crippen LogP contribution in [0.25, 0.3) is 0 Å². The summed E-state index contributed by atoms with van der Waals surface area (Å²) in [4.78, 5) is 14.3. The molecular formula is C18H36O6S. The van der Waals surface area contributed by atoms with E-state index in [4.69, 9.17) is 5.26 Å². The molecule has 0 radical (unpaired) electrons. The molecular weight excluding hydrogens is 344 g/mol. The van der Waals surface area contributed by atoms with Crippen molar-refractivity contribution in [2.45, 2.75) is 108 Å². The zero-order chi connectivity index (χ0) is 19.0. The fraction of sp³-hybridized carbons (Fsp3) is 0.944. The first-order valence-corrected chi connectivity index (χ1v) is 11.2. The number of rotatable bonds is 17. The Bertz CT molecular complexity index is 421. The van der Waals surface area contributed by atoms with Crippen LogP contribution in [0.15, 0.2) is 0 Å². The van der Waals surface area contributed by atoms with Gasteiger partial charge in [-0.05, 0) is 19.3 Å². The molecule has 25 heavy (non-hydrogen) atoms. The lowest BCUT2D eigenvalue weighted by Crippen LogP contribution is -2.20. The Morgan fingerprint density at radius 3 is 1.72 bits per heavy atom. The van der Waals surface area contributed by atoms with Crippen LogP contribution >= 0.6 is 0 Å².